The van der Waals surface area contributed by atoms with Crippen LogP contribution in [0.1, 0.15) is 36.1 Å². The molecule has 1 atom stereocenters. The van der Waals surface area contributed by atoms with Crippen molar-refractivity contribution < 1.29 is 13.9 Å². The van der Waals surface area contributed by atoms with Crippen LogP contribution in [0, 0.1) is 11.3 Å². The summed E-state index contributed by atoms with van der Waals surface area (Å²) in [5.41, 5.74) is 2.02. The number of nitrogens with zero attached hydrogens (tertiary/aromatic N) is 4. The van der Waals surface area contributed by atoms with E-state index in [1.54, 1.807) is 31.3 Å². The van der Waals surface area contributed by atoms with Crippen LogP contribution in [0.25, 0.3) is 16.6 Å². The third kappa shape index (κ3) is 2.63. The zero-order chi connectivity index (χ0) is 17.3. The Morgan fingerprint density at radius 1 is 1.46 bits per heavy atom. The Morgan fingerprint density at radius 2 is 2.25 bits per heavy atom. The van der Waals surface area contributed by atoms with Crippen LogP contribution in [0.5, 0.6) is 0 Å². The Labute approximate surface area is 137 Å². The molecule has 0 amide bonds. The average Bonchev–Trinajstić information content (AvgIpc) is 3.19. The second-order valence-corrected chi connectivity index (χ2v) is 5.23. The van der Waals surface area contributed by atoms with E-state index in [0.29, 0.717) is 27.7 Å². The molecular formula is C17H15FN4O2. The second-order valence-electron chi connectivity index (χ2n) is 5.23. The first-order valence-electron chi connectivity index (χ1n) is 7.46. The van der Waals surface area contributed by atoms with Crippen molar-refractivity contribution in [2.24, 2.45) is 0 Å². The van der Waals surface area contributed by atoms with Crippen LogP contribution in [-0.4, -0.2) is 26.9 Å². The lowest BCUT2D eigenvalue weighted by Gasteiger charge is -2.06. The van der Waals surface area contributed by atoms with E-state index in [1.165, 1.54) is 28.6 Å². The summed E-state index contributed by atoms with van der Waals surface area (Å²) in [4.78, 5) is 11.7. The summed E-state index contributed by atoms with van der Waals surface area (Å²) < 4.78 is 21.5. The lowest BCUT2D eigenvalue weighted by molar-refractivity contribution is 0.0526. The average molecular weight is 326 g/mol. The second kappa shape index (κ2) is 6.16. The zero-order valence-electron chi connectivity index (χ0n) is 13.2. The van der Waals surface area contributed by atoms with Crippen LogP contribution in [0.3, 0.4) is 0 Å². The fourth-order valence-electron chi connectivity index (χ4n) is 2.55. The third-order valence-corrected chi connectivity index (χ3v) is 3.68. The maximum atomic E-state index is 13.7. The van der Waals surface area contributed by atoms with Crippen molar-refractivity contribution in [3.8, 4) is 11.8 Å². The van der Waals surface area contributed by atoms with Crippen LogP contribution >= 0.6 is 0 Å². The molecule has 1 aromatic carbocycles. The molecular weight excluding hydrogens is 311 g/mol. The largest absolute Gasteiger partial charge is 0.462 e. The van der Waals surface area contributed by atoms with Gasteiger partial charge >= 0.3 is 5.97 Å². The Morgan fingerprint density at radius 3 is 2.92 bits per heavy atom. The number of fused-ring (bicyclic) bond motifs is 1. The Kier molecular flexibility index (Phi) is 4.04. The van der Waals surface area contributed by atoms with Crippen molar-refractivity contribution in [3.05, 3.63) is 47.9 Å². The van der Waals surface area contributed by atoms with Crippen molar-refractivity contribution in [1.29, 1.82) is 5.26 Å². The molecule has 7 heteroatoms. The van der Waals surface area contributed by atoms with Crippen molar-refractivity contribution >= 4 is 16.9 Å². The van der Waals surface area contributed by atoms with E-state index in [0.717, 1.165) is 0 Å². The summed E-state index contributed by atoms with van der Waals surface area (Å²) in [6, 6.07) is 7.30. The molecule has 3 rings (SSSR count). The highest BCUT2D eigenvalue weighted by Crippen LogP contribution is 2.27. The molecule has 6 nitrogen and oxygen atoms in total. The minimum absolute atomic E-state index is 0.288. The summed E-state index contributed by atoms with van der Waals surface area (Å²) >= 11 is 0. The number of halogens is 1. The lowest BCUT2D eigenvalue weighted by atomic mass is 10.1. The molecule has 0 saturated carbocycles. The monoisotopic (exact) mass is 326 g/mol. The van der Waals surface area contributed by atoms with Crippen molar-refractivity contribution in [3.63, 3.8) is 0 Å². The fourth-order valence-corrected chi connectivity index (χ4v) is 2.55. The van der Waals surface area contributed by atoms with E-state index >= 15 is 0 Å². The Bertz CT molecular complexity index is 949. The molecule has 0 bridgehead atoms. The summed E-state index contributed by atoms with van der Waals surface area (Å²) in [6.07, 6.45) is 3.23. The molecule has 0 aliphatic carbocycles. The number of esters is 1. The molecule has 2 heterocycles. The maximum Gasteiger partial charge on any atom is 0.341 e. The molecule has 24 heavy (non-hydrogen) atoms. The Hall–Kier alpha value is -3.14. The summed E-state index contributed by atoms with van der Waals surface area (Å²) in [7, 11) is 0. The lowest BCUT2D eigenvalue weighted by Crippen LogP contribution is -2.03. The van der Waals surface area contributed by atoms with Gasteiger partial charge in [0.05, 0.1) is 35.1 Å². The van der Waals surface area contributed by atoms with Gasteiger partial charge in [0.2, 0.25) is 0 Å². The van der Waals surface area contributed by atoms with Gasteiger partial charge in [-0.15, -0.1) is 0 Å². The maximum absolute atomic E-state index is 13.7. The molecule has 0 saturated heterocycles. The van der Waals surface area contributed by atoms with Gasteiger partial charge in [0.25, 0.3) is 0 Å². The molecule has 0 N–H and O–H groups in total. The number of nitriles is 1. The molecule has 2 aromatic heterocycles. The Balaban J connectivity index is 2.06. The molecule has 122 valence electrons. The van der Waals surface area contributed by atoms with Gasteiger partial charge in [-0.1, -0.05) is 0 Å². The molecule has 3 aromatic rings. The molecule has 0 fully saturated rings. The highest BCUT2D eigenvalue weighted by atomic mass is 19.1. The van der Waals surface area contributed by atoms with Crippen molar-refractivity contribution in [1.82, 2.24) is 14.3 Å². The molecule has 0 radical (unpaired) electrons. The highest BCUT2D eigenvalue weighted by Gasteiger charge is 2.14. The van der Waals surface area contributed by atoms with E-state index in [9.17, 15) is 14.4 Å². The van der Waals surface area contributed by atoms with Gasteiger partial charge in [0.1, 0.15) is 6.07 Å². The van der Waals surface area contributed by atoms with Gasteiger partial charge in [0.15, 0.2) is 6.30 Å². The number of hydrogen-bond acceptors (Lipinski definition) is 4. The number of carbonyl (C=O) groups is 1. The van der Waals surface area contributed by atoms with E-state index < -0.39 is 12.3 Å². The number of benzene rings is 1. The van der Waals surface area contributed by atoms with Gasteiger partial charge < -0.3 is 9.30 Å². The van der Waals surface area contributed by atoms with Crippen LogP contribution < -0.4 is 0 Å². The minimum Gasteiger partial charge on any atom is -0.462 e. The first kappa shape index (κ1) is 15.7. The first-order valence-corrected chi connectivity index (χ1v) is 7.46. The van der Waals surface area contributed by atoms with Crippen LogP contribution in [0.2, 0.25) is 0 Å². The van der Waals surface area contributed by atoms with Crippen LogP contribution in [0.15, 0.2) is 36.8 Å². The number of ether oxygens (including phenoxy) is 1. The van der Waals surface area contributed by atoms with Gasteiger partial charge in [-0.05, 0) is 32.0 Å². The van der Waals surface area contributed by atoms with Crippen LogP contribution in [0.4, 0.5) is 4.39 Å². The van der Waals surface area contributed by atoms with E-state index in [-0.39, 0.29) is 6.61 Å². The predicted octanol–water partition coefficient (Wildman–Crippen LogP) is 3.36. The summed E-state index contributed by atoms with van der Waals surface area (Å²) in [5, 5.41) is 14.0. The topological polar surface area (TPSA) is 72.8 Å². The highest BCUT2D eigenvalue weighted by molar-refractivity contribution is 5.90. The zero-order valence-corrected chi connectivity index (χ0v) is 13.2. The normalized spacial score (nSPS) is 12.1. The van der Waals surface area contributed by atoms with E-state index in [1.807, 2.05) is 0 Å². The SMILES string of the molecule is CCOC(=O)c1cnn(-c2ccc3c(c2)c(C#N)cn3C(C)F)c1. The third-order valence-electron chi connectivity index (χ3n) is 3.68. The van der Waals surface area contributed by atoms with Gasteiger partial charge in [-0.3, -0.25) is 0 Å². The minimum atomic E-state index is -1.24. The van der Waals surface area contributed by atoms with Crippen LogP contribution in [-0.2, 0) is 4.74 Å². The fraction of sp³-hybridized carbons (Fsp3) is 0.235. The quantitative estimate of drug-likeness (QED) is 0.689. The molecule has 0 spiro atoms. The van der Waals surface area contributed by atoms with Crippen molar-refractivity contribution in [2.45, 2.75) is 20.1 Å². The smallest absolute Gasteiger partial charge is 0.341 e. The number of rotatable bonds is 4. The number of carbonyl (C=O) groups excluding carboxylic acids is 1. The van der Waals surface area contributed by atoms with Gasteiger partial charge in [0, 0.05) is 17.8 Å². The summed E-state index contributed by atoms with van der Waals surface area (Å²) in [6.45, 7) is 3.43. The van der Waals surface area contributed by atoms with Crippen molar-refractivity contribution in [2.75, 3.05) is 6.61 Å². The number of alkyl halides is 1. The molecule has 0 aliphatic heterocycles. The number of aromatic nitrogens is 3. The van der Waals surface area contributed by atoms with E-state index in [4.69, 9.17) is 4.74 Å². The van der Waals surface area contributed by atoms with E-state index in [2.05, 4.69) is 11.2 Å². The molecule has 1 unspecified atom stereocenters. The first-order chi connectivity index (χ1) is 11.5. The van der Waals surface area contributed by atoms with Gasteiger partial charge in [-0.2, -0.15) is 10.4 Å². The number of hydrogen-bond donors (Lipinski definition) is 0. The summed E-state index contributed by atoms with van der Waals surface area (Å²) in [5.74, 6) is -0.444. The predicted molar refractivity (Wildman–Crippen MR) is 85.6 cm³/mol. The standard InChI is InChI=1S/C17H15FN4O2/c1-3-24-17(23)13-8-20-22(10-13)14-4-5-16-15(6-14)12(7-19)9-21(16)11(2)18/h4-6,8-11H,3H2,1-2H3. The van der Waals surface area contributed by atoms with Gasteiger partial charge in [-0.25, -0.2) is 13.9 Å². The molecule has 0 aliphatic rings.